The lowest BCUT2D eigenvalue weighted by molar-refractivity contribution is -0.142. The number of likely N-dealkylation sites (tertiary alicyclic amines) is 1. The number of carbonyl (C=O) groups excluding carboxylic acids is 1. The van der Waals surface area contributed by atoms with Gasteiger partial charge in [-0.2, -0.15) is 0 Å². The van der Waals surface area contributed by atoms with Crippen molar-refractivity contribution in [3.8, 4) is 0 Å². The molecule has 1 aliphatic heterocycles. The summed E-state index contributed by atoms with van der Waals surface area (Å²) >= 11 is 0. The first kappa shape index (κ1) is 14.8. The summed E-state index contributed by atoms with van der Waals surface area (Å²) in [6.07, 6.45) is 2.93. The van der Waals surface area contributed by atoms with E-state index in [9.17, 15) is 14.7 Å². The van der Waals surface area contributed by atoms with Gasteiger partial charge in [-0.25, -0.2) is 9.59 Å². The summed E-state index contributed by atoms with van der Waals surface area (Å²) in [6, 6.07) is -0.857. The van der Waals surface area contributed by atoms with Crippen LogP contribution >= 0.6 is 0 Å². The van der Waals surface area contributed by atoms with Crippen LogP contribution in [0.2, 0.25) is 0 Å². The number of aliphatic carboxylic acids is 1. The lowest BCUT2D eigenvalue weighted by atomic mass is 9.87. The molecule has 0 aromatic heterocycles. The summed E-state index contributed by atoms with van der Waals surface area (Å²) < 4.78 is 0. The van der Waals surface area contributed by atoms with Gasteiger partial charge in [-0.05, 0) is 24.7 Å². The molecule has 5 heteroatoms. The van der Waals surface area contributed by atoms with Gasteiger partial charge in [0.1, 0.15) is 6.04 Å². The third-order valence-electron chi connectivity index (χ3n) is 3.49. The molecule has 1 aliphatic rings. The lowest BCUT2D eigenvalue weighted by Crippen LogP contribution is -2.54. The molecule has 1 fully saturated rings. The predicted octanol–water partition coefficient (Wildman–Crippen LogP) is 2.07. The second-order valence-electron chi connectivity index (χ2n) is 5.98. The van der Waals surface area contributed by atoms with Crippen LogP contribution in [-0.2, 0) is 4.79 Å². The highest BCUT2D eigenvalue weighted by atomic mass is 16.4. The zero-order valence-corrected chi connectivity index (χ0v) is 11.7. The van der Waals surface area contributed by atoms with Crippen LogP contribution in [-0.4, -0.2) is 40.6 Å². The summed E-state index contributed by atoms with van der Waals surface area (Å²) in [6.45, 7) is 8.21. The molecule has 1 rings (SSSR count). The van der Waals surface area contributed by atoms with Crippen LogP contribution in [0, 0.1) is 5.41 Å². The van der Waals surface area contributed by atoms with Gasteiger partial charge in [0.15, 0.2) is 0 Å². The number of urea groups is 1. The van der Waals surface area contributed by atoms with Crippen LogP contribution in [0.5, 0.6) is 0 Å². The summed E-state index contributed by atoms with van der Waals surface area (Å²) in [5.41, 5.74) is -0.497. The number of carboxylic acids is 1. The molecule has 5 nitrogen and oxygen atoms in total. The Kier molecular flexibility index (Phi) is 4.59. The average molecular weight is 256 g/mol. The van der Waals surface area contributed by atoms with Crippen LogP contribution in [0.25, 0.3) is 0 Å². The molecule has 0 aliphatic carbocycles. The molecule has 0 bridgehead atoms. The fourth-order valence-electron chi connectivity index (χ4n) is 2.38. The number of rotatable bonds is 3. The van der Waals surface area contributed by atoms with Gasteiger partial charge in [0.05, 0.1) is 0 Å². The number of carbonyl (C=O) groups is 2. The minimum absolute atomic E-state index is 0.248. The van der Waals surface area contributed by atoms with E-state index in [0.29, 0.717) is 0 Å². The van der Waals surface area contributed by atoms with Crippen LogP contribution in [0.15, 0.2) is 0 Å². The van der Waals surface area contributed by atoms with Crippen molar-refractivity contribution in [3.63, 3.8) is 0 Å². The molecule has 1 saturated heterocycles. The van der Waals surface area contributed by atoms with Crippen molar-refractivity contribution in [1.82, 2.24) is 10.2 Å². The molecule has 0 saturated carbocycles. The molecule has 1 unspecified atom stereocenters. The van der Waals surface area contributed by atoms with Gasteiger partial charge in [-0.3, -0.25) is 0 Å². The van der Waals surface area contributed by atoms with E-state index in [1.54, 1.807) is 4.90 Å². The Morgan fingerprint density at radius 2 is 2.06 bits per heavy atom. The zero-order chi connectivity index (χ0) is 13.9. The van der Waals surface area contributed by atoms with Gasteiger partial charge in [0.2, 0.25) is 0 Å². The Labute approximate surface area is 109 Å². The Hall–Kier alpha value is -1.26. The maximum absolute atomic E-state index is 12.1. The first-order valence-electron chi connectivity index (χ1n) is 6.57. The topological polar surface area (TPSA) is 69.6 Å². The second kappa shape index (κ2) is 5.59. The summed E-state index contributed by atoms with van der Waals surface area (Å²) in [7, 11) is 0. The van der Waals surface area contributed by atoms with Crippen molar-refractivity contribution in [1.29, 1.82) is 0 Å². The normalized spacial score (nSPS) is 21.8. The maximum Gasteiger partial charge on any atom is 0.326 e. The van der Waals surface area contributed by atoms with Crippen molar-refractivity contribution in [2.75, 3.05) is 6.54 Å². The molecular formula is C13H24N2O3. The van der Waals surface area contributed by atoms with Crippen LogP contribution in [0.3, 0.4) is 0 Å². The number of nitrogens with zero attached hydrogens (tertiary/aromatic N) is 1. The minimum Gasteiger partial charge on any atom is -0.480 e. The maximum atomic E-state index is 12.1. The summed E-state index contributed by atoms with van der Waals surface area (Å²) in [4.78, 5) is 25.1. The van der Waals surface area contributed by atoms with E-state index in [1.807, 2.05) is 20.8 Å². The summed E-state index contributed by atoms with van der Waals surface area (Å²) in [5.74, 6) is -0.983. The van der Waals surface area contributed by atoms with Crippen molar-refractivity contribution < 1.29 is 14.7 Å². The largest absolute Gasteiger partial charge is 0.480 e. The molecule has 2 N–H and O–H groups in total. The third kappa shape index (κ3) is 3.37. The smallest absolute Gasteiger partial charge is 0.326 e. The molecule has 0 spiro atoms. The SMILES string of the molecule is CCC1CCCN1C(=O)N[C@@H](C(=O)O)C(C)(C)C. The highest BCUT2D eigenvalue weighted by Crippen LogP contribution is 2.23. The van der Waals surface area contributed by atoms with Crippen LogP contribution in [0.1, 0.15) is 47.0 Å². The molecule has 2 amide bonds. The Balaban J connectivity index is 2.70. The molecule has 0 aromatic rings. The third-order valence-corrected chi connectivity index (χ3v) is 3.49. The van der Waals surface area contributed by atoms with Crippen molar-refractivity contribution in [2.24, 2.45) is 5.41 Å². The predicted molar refractivity (Wildman–Crippen MR) is 69.4 cm³/mol. The Morgan fingerprint density at radius 3 is 2.50 bits per heavy atom. The Bertz CT molecular complexity index is 323. The number of hydrogen-bond acceptors (Lipinski definition) is 2. The minimum atomic E-state index is -0.983. The van der Waals surface area contributed by atoms with E-state index in [-0.39, 0.29) is 12.1 Å². The van der Waals surface area contributed by atoms with E-state index in [0.717, 1.165) is 25.8 Å². The second-order valence-corrected chi connectivity index (χ2v) is 5.98. The number of amides is 2. The van der Waals surface area contributed by atoms with Gasteiger partial charge >= 0.3 is 12.0 Å². The highest BCUT2D eigenvalue weighted by molar-refractivity contribution is 5.83. The van der Waals surface area contributed by atoms with E-state index < -0.39 is 17.4 Å². The molecule has 104 valence electrons. The van der Waals surface area contributed by atoms with E-state index in [4.69, 9.17) is 0 Å². The number of carboxylic acid groups (broad SMARTS) is 1. The number of nitrogens with one attached hydrogen (secondary N) is 1. The Morgan fingerprint density at radius 1 is 1.44 bits per heavy atom. The molecule has 0 aromatic carbocycles. The van der Waals surface area contributed by atoms with Gasteiger partial charge in [0.25, 0.3) is 0 Å². The van der Waals surface area contributed by atoms with Gasteiger partial charge in [-0.15, -0.1) is 0 Å². The molecular weight excluding hydrogens is 232 g/mol. The van der Waals surface area contributed by atoms with Gasteiger partial charge in [0, 0.05) is 12.6 Å². The van der Waals surface area contributed by atoms with E-state index in [1.165, 1.54) is 0 Å². The van der Waals surface area contributed by atoms with Crippen molar-refractivity contribution in [3.05, 3.63) is 0 Å². The lowest BCUT2D eigenvalue weighted by Gasteiger charge is -2.31. The molecule has 0 radical (unpaired) electrons. The highest BCUT2D eigenvalue weighted by Gasteiger charge is 2.35. The monoisotopic (exact) mass is 256 g/mol. The van der Waals surface area contributed by atoms with Gasteiger partial charge in [-0.1, -0.05) is 27.7 Å². The van der Waals surface area contributed by atoms with E-state index >= 15 is 0 Å². The molecule has 2 atom stereocenters. The first-order chi connectivity index (χ1) is 8.27. The fourth-order valence-corrected chi connectivity index (χ4v) is 2.38. The molecule has 1 heterocycles. The fraction of sp³-hybridized carbons (Fsp3) is 0.846. The van der Waals surface area contributed by atoms with Gasteiger partial charge < -0.3 is 15.3 Å². The molecule has 18 heavy (non-hydrogen) atoms. The van der Waals surface area contributed by atoms with Crippen molar-refractivity contribution in [2.45, 2.75) is 59.0 Å². The number of hydrogen-bond donors (Lipinski definition) is 2. The summed E-state index contributed by atoms with van der Waals surface area (Å²) in [5, 5.41) is 11.8. The van der Waals surface area contributed by atoms with Crippen LogP contribution in [0.4, 0.5) is 4.79 Å². The quantitative estimate of drug-likeness (QED) is 0.812. The first-order valence-corrected chi connectivity index (χ1v) is 6.57. The van der Waals surface area contributed by atoms with Crippen LogP contribution < -0.4 is 5.32 Å². The standard InChI is InChI=1S/C13H24N2O3/c1-5-9-7-6-8-15(9)12(18)14-10(11(16)17)13(2,3)4/h9-10H,5-8H2,1-4H3,(H,14,18)(H,16,17)/t9?,10-/m0/s1. The zero-order valence-electron chi connectivity index (χ0n) is 11.7. The average Bonchev–Trinajstić information content (AvgIpc) is 2.71. The van der Waals surface area contributed by atoms with E-state index in [2.05, 4.69) is 12.2 Å². The van der Waals surface area contributed by atoms with Crippen molar-refractivity contribution >= 4 is 12.0 Å².